The van der Waals surface area contributed by atoms with Gasteiger partial charge in [-0.05, 0) is 55.8 Å². The van der Waals surface area contributed by atoms with Crippen LogP contribution in [0, 0.1) is 5.92 Å². The quantitative estimate of drug-likeness (QED) is 0.942. The fourth-order valence-electron chi connectivity index (χ4n) is 3.78. The van der Waals surface area contributed by atoms with Gasteiger partial charge in [0.15, 0.2) is 0 Å². The minimum absolute atomic E-state index is 0.152. The summed E-state index contributed by atoms with van der Waals surface area (Å²) < 4.78 is 5.37. The fourth-order valence-corrected chi connectivity index (χ4v) is 3.78. The third kappa shape index (κ3) is 2.87. The van der Waals surface area contributed by atoms with E-state index in [0.717, 1.165) is 36.3 Å². The maximum Gasteiger partial charge on any atom is 0.119 e. The second kappa shape index (κ2) is 6.34. The molecule has 2 atom stereocenters. The average molecular weight is 311 g/mol. The van der Waals surface area contributed by atoms with Crippen LogP contribution in [-0.2, 0) is 12.0 Å². The molecule has 3 nitrogen and oxygen atoms in total. The predicted molar refractivity (Wildman–Crippen MR) is 92.8 cm³/mol. The van der Waals surface area contributed by atoms with Gasteiger partial charge in [-0.3, -0.25) is 0 Å². The number of methoxy groups -OCH3 is 1. The molecule has 0 spiro atoms. The lowest BCUT2D eigenvalue weighted by atomic mass is 9.68. The molecular formula is C20H25NO2. The molecule has 1 aliphatic carbocycles. The van der Waals surface area contributed by atoms with Gasteiger partial charge in [-0.1, -0.05) is 36.4 Å². The van der Waals surface area contributed by atoms with Crippen molar-refractivity contribution >= 4 is 0 Å². The highest BCUT2D eigenvalue weighted by Gasteiger charge is 2.44. The summed E-state index contributed by atoms with van der Waals surface area (Å²) >= 11 is 0. The van der Waals surface area contributed by atoms with E-state index in [1.807, 2.05) is 30.3 Å². The smallest absolute Gasteiger partial charge is 0.119 e. The molecule has 0 saturated heterocycles. The molecule has 1 unspecified atom stereocenters. The third-order valence-corrected chi connectivity index (χ3v) is 4.88. The van der Waals surface area contributed by atoms with Crippen molar-refractivity contribution < 1.29 is 9.84 Å². The van der Waals surface area contributed by atoms with Crippen molar-refractivity contribution in [1.29, 1.82) is 0 Å². The van der Waals surface area contributed by atoms with E-state index in [4.69, 9.17) is 4.74 Å². The van der Waals surface area contributed by atoms with Crippen molar-refractivity contribution in [3.63, 3.8) is 0 Å². The van der Waals surface area contributed by atoms with Crippen molar-refractivity contribution in [2.75, 3.05) is 27.7 Å². The monoisotopic (exact) mass is 311 g/mol. The molecule has 3 heteroatoms. The van der Waals surface area contributed by atoms with Gasteiger partial charge in [0.05, 0.1) is 7.11 Å². The fraction of sp³-hybridized carbons (Fsp3) is 0.400. The molecule has 0 bridgehead atoms. The molecule has 1 N–H and O–H groups in total. The summed E-state index contributed by atoms with van der Waals surface area (Å²) in [4.78, 5) is 2.16. The van der Waals surface area contributed by atoms with Crippen molar-refractivity contribution in [1.82, 2.24) is 4.90 Å². The molecule has 122 valence electrons. The maximum absolute atomic E-state index is 11.8. The first-order valence-electron chi connectivity index (χ1n) is 8.15. The Labute approximate surface area is 138 Å². The number of aryl methyl sites for hydroxylation is 1. The second-order valence-electron chi connectivity index (χ2n) is 6.65. The van der Waals surface area contributed by atoms with Crippen molar-refractivity contribution in [3.8, 4) is 5.75 Å². The average Bonchev–Trinajstić information content (AvgIpc) is 2.57. The summed E-state index contributed by atoms with van der Waals surface area (Å²) in [5, 5.41) is 11.8. The van der Waals surface area contributed by atoms with Crippen molar-refractivity contribution in [2.24, 2.45) is 5.92 Å². The minimum atomic E-state index is -0.979. The highest BCUT2D eigenvalue weighted by molar-refractivity contribution is 5.46. The molecule has 2 aromatic carbocycles. The largest absolute Gasteiger partial charge is 0.497 e. The molecule has 23 heavy (non-hydrogen) atoms. The van der Waals surface area contributed by atoms with Crippen LogP contribution in [0.5, 0.6) is 5.75 Å². The molecule has 0 aromatic heterocycles. The van der Waals surface area contributed by atoms with Gasteiger partial charge in [0.25, 0.3) is 0 Å². The van der Waals surface area contributed by atoms with Crippen LogP contribution in [0.4, 0.5) is 0 Å². The van der Waals surface area contributed by atoms with Crippen molar-refractivity contribution in [2.45, 2.75) is 18.4 Å². The summed E-state index contributed by atoms with van der Waals surface area (Å²) in [5.41, 5.74) is 2.21. The number of rotatable bonds is 4. The summed E-state index contributed by atoms with van der Waals surface area (Å²) in [6.07, 6.45) is 1.99. The lowest BCUT2D eigenvalue weighted by Crippen LogP contribution is -2.45. The number of benzene rings is 2. The van der Waals surface area contributed by atoms with Crippen LogP contribution >= 0.6 is 0 Å². The molecule has 0 amide bonds. The SMILES string of the molecule is COc1cccc([C@@]2(O)c3ccccc3CCC2CN(C)C)c1. The lowest BCUT2D eigenvalue weighted by Gasteiger charge is -2.43. The van der Waals surface area contributed by atoms with E-state index in [1.54, 1.807) is 7.11 Å². The van der Waals surface area contributed by atoms with Crippen LogP contribution in [0.15, 0.2) is 48.5 Å². The Bertz CT molecular complexity index is 683. The highest BCUT2D eigenvalue weighted by Crippen LogP contribution is 2.45. The van der Waals surface area contributed by atoms with E-state index in [1.165, 1.54) is 5.56 Å². The van der Waals surface area contributed by atoms with Crippen LogP contribution in [0.1, 0.15) is 23.1 Å². The molecule has 2 aromatic rings. The molecule has 0 fully saturated rings. The molecule has 1 aliphatic rings. The zero-order valence-corrected chi connectivity index (χ0v) is 14.1. The Balaban J connectivity index is 2.15. The van der Waals surface area contributed by atoms with Gasteiger partial charge in [0, 0.05) is 12.5 Å². The third-order valence-electron chi connectivity index (χ3n) is 4.88. The zero-order chi connectivity index (χ0) is 16.4. The highest BCUT2D eigenvalue weighted by atomic mass is 16.5. The topological polar surface area (TPSA) is 32.7 Å². The molecule has 0 heterocycles. The number of aliphatic hydroxyl groups is 1. The van der Waals surface area contributed by atoms with Gasteiger partial charge >= 0.3 is 0 Å². The van der Waals surface area contributed by atoms with Gasteiger partial charge in [-0.2, -0.15) is 0 Å². The summed E-state index contributed by atoms with van der Waals surface area (Å²) in [5.74, 6) is 0.932. The first-order chi connectivity index (χ1) is 11.1. The number of hydrogen-bond donors (Lipinski definition) is 1. The van der Waals surface area contributed by atoms with E-state index in [-0.39, 0.29) is 5.92 Å². The number of ether oxygens (including phenoxy) is 1. The van der Waals surface area contributed by atoms with E-state index in [0.29, 0.717) is 0 Å². The van der Waals surface area contributed by atoms with Crippen LogP contribution in [0.3, 0.4) is 0 Å². The van der Waals surface area contributed by atoms with E-state index in [2.05, 4.69) is 37.2 Å². The van der Waals surface area contributed by atoms with Crippen LogP contribution in [0.25, 0.3) is 0 Å². The van der Waals surface area contributed by atoms with Crippen LogP contribution in [0.2, 0.25) is 0 Å². The van der Waals surface area contributed by atoms with E-state index < -0.39 is 5.60 Å². The summed E-state index contributed by atoms with van der Waals surface area (Å²) in [6.45, 7) is 0.849. The molecular weight excluding hydrogens is 286 g/mol. The Hall–Kier alpha value is -1.84. The Morgan fingerprint density at radius 3 is 2.70 bits per heavy atom. The van der Waals surface area contributed by atoms with Gasteiger partial charge in [0.1, 0.15) is 11.4 Å². The van der Waals surface area contributed by atoms with E-state index >= 15 is 0 Å². The first kappa shape index (κ1) is 16.0. The predicted octanol–water partition coefficient (Wildman–Crippen LogP) is 3.06. The molecule has 0 saturated carbocycles. The number of nitrogens with zero attached hydrogens (tertiary/aromatic N) is 1. The van der Waals surface area contributed by atoms with Gasteiger partial charge < -0.3 is 14.7 Å². The van der Waals surface area contributed by atoms with Crippen LogP contribution in [-0.4, -0.2) is 37.8 Å². The van der Waals surface area contributed by atoms with E-state index in [9.17, 15) is 5.11 Å². The zero-order valence-electron chi connectivity index (χ0n) is 14.1. The molecule has 0 aliphatic heterocycles. The van der Waals surface area contributed by atoms with Gasteiger partial charge in [0.2, 0.25) is 0 Å². The normalized spacial score (nSPS) is 23.6. The van der Waals surface area contributed by atoms with Gasteiger partial charge in [-0.25, -0.2) is 0 Å². The number of hydrogen-bond acceptors (Lipinski definition) is 3. The first-order valence-corrected chi connectivity index (χ1v) is 8.15. The molecule has 3 rings (SSSR count). The van der Waals surface area contributed by atoms with Gasteiger partial charge in [-0.15, -0.1) is 0 Å². The van der Waals surface area contributed by atoms with Crippen LogP contribution < -0.4 is 4.74 Å². The maximum atomic E-state index is 11.8. The Morgan fingerprint density at radius 1 is 1.17 bits per heavy atom. The number of fused-ring (bicyclic) bond motifs is 1. The standard InChI is InChI=1S/C20H25NO2/c1-21(2)14-17-12-11-15-7-4-5-10-19(15)20(17,22)16-8-6-9-18(13-16)23-3/h4-10,13,17,22H,11-12,14H2,1-3H3/t17?,20-/m0/s1. The summed E-state index contributed by atoms with van der Waals surface area (Å²) in [6, 6.07) is 16.1. The summed E-state index contributed by atoms with van der Waals surface area (Å²) in [7, 11) is 5.79. The minimum Gasteiger partial charge on any atom is -0.497 e. The lowest BCUT2D eigenvalue weighted by molar-refractivity contribution is -0.00651. The van der Waals surface area contributed by atoms with Crippen molar-refractivity contribution in [3.05, 3.63) is 65.2 Å². The molecule has 0 radical (unpaired) electrons. The second-order valence-corrected chi connectivity index (χ2v) is 6.65. The Morgan fingerprint density at radius 2 is 1.96 bits per heavy atom. The Kier molecular flexibility index (Phi) is 4.42.